The maximum absolute atomic E-state index is 13.3. The number of anilines is 1. The van der Waals surface area contributed by atoms with Crippen LogP contribution in [-0.4, -0.2) is 17.6 Å². The molecule has 122 valence electrons. The number of halogens is 5. The van der Waals surface area contributed by atoms with Crippen molar-refractivity contribution in [2.75, 3.05) is 4.90 Å². The summed E-state index contributed by atoms with van der Waals surface area (Å²) in [7, 11) is 0. The second-order valence-electron chi connectivity index (χ2n) is 4.93. The monoisotopic (exact) mass is 339 g/mol. The number of hydrogen-bond acceptors (Lipinski definition) is 5. The molecule has 0 spiro atoms. The minimum absolute atomic E-state index is 0. The second-order valence-corrected chi connectivity index (χ2v) is 4.93. The average Bonchev–Trinajstić information content (AvgIpc) is 2.27. The smallest absolute Gasteiger partial charge is 0.369 e. The summed E-state index contributed by atoms with van der Waals surface area (Å²) in [5.74, 6) is -1.56. The van der Waals surface area contributed by atoms with Gasteiger partial charge in [0.15, 0.2) is 0 Å². The van der Waals surface area contributed by atoms with Crippen LogP contribution in [0.3, 0.4) is 0 Å². The Balaban J connectivity index is 0.00000242. The van der Waals surface area contributed by atoms with Gasteiger partial charge in [0, 0.05) is 5.69 Å². The Morgan fingerprint density at radius 2 is 1.77 bits per heavy atom. The standard InChI is InChI=1S/C12H13F4N5.ClH/c1-11(2)20-9(17)19-10(18)21(11)6-3-4-8(13)7(5-6)12(14,15)16;/h3-5H,1-2H3,(H4,17,18,19,20);1H. The molecule has 0 saturated carbocycles. The van der Waals surface area contributed by atoms with E-state index in [0.717, 1.165) is 6.07 Å². The van der Waals surface area contributed by atoms with E-state index in [-0.39, 0.29) is 30.0 Å². The Morgan fingerprint density at radius 1 is 1.18 bits per heavy atom. The Labute approximate surface area is 130 Å². The molecule has 1 aromatic carbocycles. The lowest BCUT2D eigenvalue weighted by molar-refractivity contribution is -0.139. The normalized spacial score (nSPS) is 17.5. The first kappa shape index (κ1) is 18.0. The van der Waals surface area contributed by atoms with Gasteiger partial charge in [-0.3, -0.25) is 4.90 Å². The Hall–Kier alpha value is -2.03. The highest BCUT2D eigenvalue weighted by Crippen LogP contribution is 2.36. The van der Waals surface area contributed by atoms with Gasteiger partial charge in [-0.15, -0.1) is 12.4 Å². The molecule has 2 rings (SSSR count). The van der Waals surface area contributed by atoms with Crippen molar-refractivity contribution in [3.8, 4) is 0 Å². The molecule has 0 bridgehead atoms. The van der Waals surface area contributed by atoms with Crippen LogP contribution in [0.25, 0.3) is 0 Å². The van der Waals surface area contributed by atoms with E-state index < -0.39 is 23.2 Å². The van der Waals surface area contributed by atoms with Gasteiger partial charge < -0.3 is 11.5 Å². The van der Waals surface area contributed by atoms with Crippen molar-refractivity contribution in [1.82, 2.24) is 0 Å². The Bertz CT molecular complexity index is 639. The number of benzene rings is 1. The van der Waals surface area contributed by atoms with Crippen molar-refractivity contribution in [2.45, 2.75) is 25.7 Å². The second kappa shape index (κ2) is 5.64. The quantitative estimate of drug-likeness (QED) is 0.771. The molecule has 1 aromatic rings. The fourth-order valence-corrected chi connectivity index (χ4v) is 2.12. The van der Waals surface area contributed by atoms with E-state index in [1.807, 2.05) is 0 Å². The summed E-state index contributed by atoms with van der Waals surface area (Å²) in [6.07, 6.45) is -4.81. The summed E-state index contributed by atoms with van der Waals surface area (Å²) in [6.45, 7) is 3.19. The van der Waals surface area contributed by atoms with Gasteiger partial charge >= 0.3 is 6.18 Å². The Kier molecular flexibility index (Phi) is 4.62. The van der Waals surface area contributed by atoms with Crippen molar-refractivity contribution in [1.29, 1.82) is 0 Å². The zero-order valence-electron chi connectivity index (χ0n) is 11.6. The van der Waals surface area contributed by atoms with Gasteiger partial charge in [-0.05, 0) is 32.0 Å². The summed E-state index contributed by atoms with van der Waals surface area (Å²) < 4.78 is 51.7. The van der Waals surface area contributed by atoms with Crippen LogP contribution < -0.4 is 16.4 Å². The lowest BCUT2D eigenvalue weighted by Gasteiger charge is -2.38. The molecule has 0 unspecified atom stereocenters. The fraction of sp³-hybridized carbons (Fsp3) is 0.333. The molecular weight excluding hydrogens is 326 g/mol. The van der Waals surface area contributed by atoms with Gasteiger partial charge in [-0.2, -0.15) is 18.2 Å². The van der Waals surface area contributed by atoms with E-state index >= 15 is 0 Å². The zero-order chi connectivity index (χ0) is 16.0. The lowest BCUT2D eigenvalue weighted by Crippen LogP contribution is -2.54. The van der Waals surface area contributed by atoms with Gasteiger partial charge in [-0.1, -0.05) is 0 Å². The maximum atomic E-state index is 13.3. The van der Waals surface area contributed by atoms with Crippen LogP contribution in [-0.2, 0) is 6.18 Å². The first-order valence-corrected chi connectivity index (χ1v) is 5.89. The van der Waals surface area contributed by atoms with Crippen LogP contribution in [0.1, 0.15) is 19.4 Å². The van der Waals surface area contributed by atoms with E-state index in [1.54, 1.807) is 13.8 Å². The number of alkyl halides is 3. The van der Waals surface area contributed by atoms with E-state index in [1.165, 1.54) is 11.0 Å². The van der Waals surface area contributed by atoms with Crippen molar-refractivity contribution < 1.29 is 17.6 Å². The van der Waals surface area contributed by atoms with Gasteiger partial charge in [0.1, 0.15) is 11.5 Å². The van der Waals surface area contributed by atoms with Crippen LogP contribution in [0, 0.1) is 5.82 Å². The average molecular weight is 340 g/mol. The van der Waals surface area contributed by atoms with E-state index in [2.05, 4.69) is 9.98 Å². The van der Waals surface area contributed by atoms with Crippen molar-refractivity contribution >= 4 is 30.0 Å². The number of hydrogen-bond donors (Lipinski definition) is 2. The molecule has 0 atom stereocenters. The third-order valence-electron chi connectivity index (χ3n) is 2.91. The summed E-state index contributed by atoms with van der Waals surface area (Å²) in [5, 5.41) is 0. The highest BCUT2D eigenvalue weighted by Gasteiger charge is 2.37. The Morgan fingerprint density at radius 3 is 2.27 bits per heavy atom. The maximum Gasteiger partial charge on any atom is 0.419 e. The third-order valence-corrected chi connectivity index (χ3v) is 2.91. The van der Waals surface area contributed by atoms with E-state index in [0.29, 0.717) is 6.07 Å². The van der Waals surface area contributed by atoms with Crippen molar-refractivity contribution in [3.63, 3.8) is 0 Å². The van der Waals surface area contributed by atoms with Crippen LogP contribution in [0.15, 0.2) is 28.2 Å². The molecule has 10 heteroatoms. The third kappa shape index (κ3) is 3.24. The first-order valence-electron chi connectivity index (χ1n) is 5.89. The highest BCUT2D eigenvalue weighted by atomic mass is 35.5. The molecular formula is C12H14ClF4N5. The zero-order valence-corrected chi connectivity index (χ0v) is 12.5. The summed E-state index contributed by atoms with van der Waals surface area (Å²) in [5.41, 5.74) is 8.79. The molecule has 0 radical (unpaired) electrons. The molecule has 1 aliphatic heterocycles. The molecule has 0 fully saturated rings. The minimum Gasteiger partial charge on any atom is -0.369 e. The SMILES string of the molecule is CC1(C)N=C(N)N=C(N)N1c1ccc(F)c(C(F)(F)F)c1.Cl. The highest BCUT2D eigenvalue weighted by molar-refractivity contribution is 6.05. The molecule has 0 amide bonds. The number of nitrogens with two attached hydrogens (primary N) is 2. The van der Waals surface area contributed by atoms with Crippen molar-refractivity contribution in [2.24, 2.45) is 21.5 Å². The number of guanidine groups is 2. The van der Waals surface area contributed by atoms with Crippen molar-refractivity contribution in [3.05, 3.63) is 29.6 Å². The van der Waals surface area contributed by atoms with Crippen LogP contribution >= 0.6 is 12.4 Å². The van der Waals surface area contributed by atoms with E-state index in [4.69, 9.17) is 11.5 Å². The summed E-state index contributed by atoms with van der Waals surface area (Å²) >= 11 is 0. The van der Waals surface area contributed by atoms with Crippen LogP contribution in [0.2, 0.25) is 0 Å². The predicted molar refractivity (Wildman–Crippen MR) is 78.5 cm³/mol. The lowest BCUT2D eigenvalue weighted by atomic mass is 10.1. The predicted octanol–water partition coefficient (Wildman–Crippen LogP) is 2.45. The van der Waals surface area contributed by atoms with Crippen LogP contribution in [0.5, 0.6) is 0 Å². The van der Waals surface area contributed by atoms with Gasteiger partial charge in [-0.25, -0.2) is 9.38 Å². The number of aliphatic imine (C=N–C) groups is 2. The minimum atomic E-state index is -4.81. The molecule has 22 heavy (non-hydrogen) atoms. The van der Waals surface area contributed by atoms with Gasteiger partial charge in [0.2, 0.25) is 11.9 Å². The summed E-state index contributed by atoms with van der Waals surface area (Å²) in [6, 6.07) is 2.56. The molecule has 0 saturated heterocycles. The molecule has 1 aliphatic rings. The molecule has 4 N–H and O–H groups in total. The fourth-order valence-electron chi connectivity index (χ4n) is 2.12. The molecule has 1 heterocycles. The summed E-state index contributed by atoms with van der Waals surface area (Å²) in [4.78, 5) is 8.99. The van der Waals surface area contributed by atoms with Gasteiger partial charge in [0.25, 0.3) is 0 Å². The topological polar surface area (TPSA) is 80.0 Å². The number of rotatable bonds is 1. The molecule has 0 aromatic heterocycles. The van der Waals surface area contributed by atoms with E-state index in [9.17, 15) is 17.6 Å². The molecule has 0 aliphatic carbocycles. The van der Waals surface area contributed by atoms with Crippen LogP contribution in [0.4, 0.5) is 23.2 Å². The largest absolute Gasteiger partial charge is 0.419 e. The first-order chi connectivity index (χ1) is 9.52. The number of nitrogens with zero attached hydrogens (tertiary/aromatic N) is 3. The molecule has 5 nitrogen and oxygen atoms in total. The van der Waals surface area contributed by atoms with Gasteiger partial charge in [0.05, 0.1) is 5.56 Å².